The van der Waals surface area contributed by atoms with Gasteiger partial charge in [0, 0.05) is 20.3 Å². The van der Waals surface area contributed by atoms with Gasteiger partial charge < -0.3 is 19.3 Å². The van der Waals surface area contributed by atoms with E-state index in [4.69, 9.17) is 14.2 Å². The Hall–Kier alpha value is -3.19. The zero-order chi connectivity index (χ0) is 28.5. The van der Waals surface area contributed by atoms with Gasteiger partial charge in [-0.3, -0.25) is 9.59 Å². The molecule has 8 atom stereocenters. The van der Waals surface area contributed by atoms with Crippen LogP contribution in [0.2, 0.25) is 0 Å². The summed E-state index contributed by atoms with van der Waals surface area (Å²) < 4.78 is 17.7. The zero-order valence-electron chi connectivity index (χ0n) is 23.5. The Morgan fingerprint density at radius 1 is 1.03 bits per heavy atom. The summed E-state index contributed by atoms with van der Waals surface area (Å²) in [6.45, 7) is 12.9. The first kappa shape index (κ1) is 28.8. The maximum absolute atomic E-state index is 13.1. The molecule has 0 aliphatic heterocycles. The van der Waals surface area contributed by atoms with E-state index in [0.29, 0.717) is 30.4 Å². The van der Waals surface area contributed by atoms with E-state index in [1.54, 1.807) is 24.3 Å². The van der Waals surface area contributed by atoms with Crippen LogP contribution in [0.5, 0.6) is 0 Å². The van der Waals surface area contributed by atoms with Crippen LogP contribution in [0.25, 0.3) is 0 Å². The molecule has 0 unspecified atom stereocenters. The fourth-order valence-electron chi connectivity index (χ4n) is 7.28. The van der Waals surface area contributed by atoms with Crippen molar-refractivity contribution in [1.29, 1.82) is 0 Å². The van der Waals surface area contributed by atoms with Gasteiger partial charge in [-0.05, 0) is 67.2 Å². The summed E-state index contributed by atoms with van der Waals surface area (Å²) in [5.74, 6) is -1.50. The molecular formula is C32H40O7. The highest BCUT2D eigenvalue weighted by atomic mass is 16.6. The van der Waals surface area contributed by atoms with E-state index in [1.807, 2.05) is 25.1 Å². The second kappa shape index (κ2) is 11.1. The molecule has 2 fully saturated rings. The molecule has 0 amide bonds. The molecule has 39 heavy (non-hydrogen) atoms. The third kappa shape index (κ3) is 5.21. The Labute approximate surface area is 230 Å². The molecule has 3 aliphatic rings. The molecule has 1 aromatic rings. The smallest absolute Gasteiger partial charge is 0.338 e. The van der Waals surface area contributed by atoms with Gasteiger partial charge >= 0.3 is 17.9 Å². The third-order valence-corrected chi connectivity index (χ3v) is 9.34. The minimum atomic E-state index is -0.974. The molecule has 0 heterocycles. The Morgan fingerprint density at radius 3 is 2.31 bits per heavy atom. The first-order valence-corrected chi connectivity index (χ1v) is 13.7. The molecule has 7 heteroatoms. The van der Waals surface area contributed by atoms with Crippen molar-refractivity contribution in [3.63, 3.8) is 0 Å². The van der Waals surface area contributed by atoms with Crippen molar-refractivity contribution in [2.45, 2.75) is 84.7 Å². The number of aliphatic hydroxyl groups is 1. The first-order valence-electron chi connectivity index (χ1n) is 13.7. The van der Waals surface area contributed by atoms with Crippen LogP contribution in [-0.2, 0) is 23.8 Å². The highest BCUT2D eigenvalue weighted by Gasteiger charge is 2.70. The van der Waals surface area contributed by atoms with Crippen molar-refractivity contribution in [3.05, 3.63) is 71.8 Å². The van der Waals surface area contributed by atoms with Gasteiger partial charge in [0.05, 0.1) is 17.1 Å². The van der Waals surface area contributed by atoms with E-state index in [2.05, 4.69) is 26.5 Å². The molecule has 0 radical (unpaired) electrons. The Bertz CT molecular complexity index is 1180. The number of benzene rings is 1. The fourth-order valence-corrected chi connectivity index (χ4v) is 7.28. The predicted molar refractivity (Wildman–Crippen MR) is 146 cm³/mol. The van der Waals surface area contributed by atoms with Gasteiger partial charge in [-0.25, -0.2) is 4.79 Å². The fraction of sp³-hybridized carbons (Fsp3) is 0.531. The molecule has 3 aliphatic carbocycles. The molecular weight excluding hydrogens is 496 g/mol. The highest BCUT2D eigenvalue weighted by Crippen LogP contribution is 2.67. The number of hydrogen-bond donors (Lipinski definition) is 1. The number of esters is 3. The average Bonchev–Trinajstić information content (AvgIpc) is 3.18. The Balaban J connectivity index is 1.87. The van der Waals surface area contributed by atoms with Crippen molar-refractivity contribution in [2.24, 2.45) is 22.7 Å². The summed E-state index contributed by atoms with van der Waals surface area (Å²) in [6.07, 6.45) is 4.82. The number of carbonyl (C=O) groups excluding carboxylic acids is 3. The van der Waals surface area contributed by atoms with Crippen LogP contribution in [0, 0.1) is 22.7 Å². The molecule has 4 rings (SSSR count). The van der Waals surface area contributed by atoms with Crippen molar-refractivity contribution in [2.75, 3.05) is 0 Å². The average molecular weight is 537 g/mol. The standard InChI is InChI=1S/C32H40O7/c1-7-19(2)13-14-31(6)20(3)15-28(35)32-25(26(37-21(4)33)18-29(32)38-22(5)34)16-24(17-27(31)32)39-30(36)23-11-9-8-10-12-23/h7-13,16,20,24,26-29,35H,1,14-15,17-18H2,2-6H3/t20-,24-,26-,27-,28-,29-,31+,32+/m1/s1. The SMILES string of the molecule is C=CC(C)=CC[C@@]1(C)[C@H](C)C[C@@H](O)[C@]23C(=C[C@@H](OC(=O)c4ccccc4)C[C@H]12)[C@H](OC(C)=O)C[C@H]3OC(C)=O. The van der Waals surface area contributed by atoms with Crippen LogP contribution >= 0.6 is 0 Å². The summed E-state index contributed by atoms with van der Waals surface area (Å²) in [7, 11) is 0. The normalized spacial score (nSPS) is 35.6. The molecule has 2 saturated carbocycles. The molecule has 1 N–H and O–H groups in total. The Morgan fingerprint density at radius 2 is 1.69 bits per heavy atom. The number of aliphatic hydroxyl groups excluding tert-OH is 1. The van der Waals surface area contributed by atoms with Crippen LogP contribution in [0.3, 0.4) is 0 Å². The monoisotopic (exact) mass is 536 g/mol. The molecule has 0 saturated heterocycles. The number of carbonyl (C=O) groups is 3. The maximum Gasteiger partial charge on any atom is 0.338 e. The van der Waals surface area contributed by atoms with Gasteiger partial charge in [0.15, 0.2) is 0 Å². The lowest BCUT2D eigenvalue weighted by molar-refractivity contribution is -0.190. The number of allylic oxidation sites excluding steroid dienone is 3. The van der Waals surface area contributed by atoms with Gasteiger partial charge in [-0.15, -0.1) is 0 Å². The second-order valence-electron chi connectivity index (χ2n) is 11.6. The van der Waals surface area contributed by atoms with Crippen molar-refractivity contribution < 1.29 is 33.7 Å². The molecule has 1 aromatic carbocycles. The van der Waals surface area contributed by atoms with Crippen LogP contribution in [0.1, 0.15) is 70.7 Å². The van der Waals surface area contributed by atoms with Gasteiger partial charge in [0.2, 0.25) is 0 Å². The van der Waals surface area contributed by atoms with E-state index < -0.39 is 47.7 Å². The van der Waals surface area contributed by atoms with E-state index in [9.17, 15) is 19.5 Å². The van der Waals surface area contributed by atoms with Gasteiger partial charge in [-0.2, -0.15) is 0 Å². The molecule has 210 valence electrons. The zero-order valence-corrected chi connectivity index (χ0v) is 23.5. The van der Waals surface area contributed by atoms with E-state index in [1.165, 1.54) is 13.8 Å². The van der Waals surface area contributed by atoms with E-state index in [-0.39, 0.29) is 23.7 Å². The van der Waals surface area contributed by atoms with Gasteiger partial charge in [0.25, 0.3) is 0 Å². The van der Waals surface area contributed by atoms with Gasteiger partial charge in [0.1, 0.15) is 18.3 Å². The van der Waals surface area contributed by atoms with Crippen molar-refractivity contribution >= 4 is 17.9 Å². The topological polar surface area (TPSA) is 99.1 Å². The lowest BCUT2D eigenvalue weighted by Gasteiger charge is -2.61. The highest BCUT2D eigenvalue weighted by molar-refractivity contribution is 5.89. The van der Waals surface area contributed by atoms with E-state index in [0.717, 1.165) is 5.57 Å². The summed E-state index contributed by atoms with van der Waals surface area (Å²) >= 11 is 0. The third-order valence-electron chi connectivity index (χ3n) is 9.34. The lowest BCUT2D eigenvalue weighted by Crippen LogP contribution is -2.63. The minimum absolute atomic E-state index is 0.104. The van der Waals surface area contributed by atoms with Crippen LogP contribution in [0.15, 0.2) is 66.3 Å². The first-order chi connectivity index (χ1) is 18.4. The minimum Gasteiger partial charge on any atom is -0.461 e. The molecule has 0 aromatic heterocycles. The van der Waals surface area contributed by atoms with Crippen LogP contribution in [0.4, 0.5) is 0 Å². The van der Waals surface area contributed by atoms with Crippen LogP contribution in [-0.4, -0.2) is 47.4 Å². The Kier molecular flexibility index (Phi) is 8.22. The van der Waals surface area contributed by atoms with Gasteiger partial charge in [-0.1, -0.05) is 56.4 Å². The van der Waals surface area contributed by atoms with Crippen molar-refractivity contribution in [1.82, 2.24) is 0 Å². The molecule has 7 nitrogen and oxygen atoms in total. The number of hydrogen-bond acceptors (Lipinski definition) is 7. The predicted octanol–water partition coefficient (Wildman–Crippen LogP) is 5.34. The largest absolute Gasteiger partial charge is 0.461 e. The van der Waals surface area contributed by atoms with E-state index >= 15 is 0 Å². The van der Waals surface area contributed by atoms with Crippen LogP contribution < -0.4 is 0 Å². The summed E-state index contributed by atoms with van der Waals surface area (Å²) in [5.41, 5.74) is 0.838. The second-order valence-corrected chi connectivity index (χ2v) is 11.6. The number of ether oxygens (including phenoxy) is 3. The summed E-state index contributed by atoms with van der Waals surface area (Å²) in [5, 5.41) is 11.9. The van der Waals surface area contributed by atoms with Crippen molar-refractivity contribution in [3.8, 4) is 0 Å². The summed E-state index contributed by atoms with van der Waals surface area (Å²) in [6, 6.07) is 8.80. The number of rotatable bonds is 7. The molecule has 0 bridgehead atoms. The quantitative estimate of drug-likeness (QED) is 0.217. The lowest BCUT2D eigenvalue weighted by atomic mass is 9.45. The maximum atomic E-state index is 13.1. The summed E-state index contributed by atoms with van der Waals surface area (Å²) in [4.78, 5) is 37.6. The molecule has 1 spiro atoms.